The predicted molar refractivity (Wildman–Crippen MR) is 133 cm³/mol. The van der Waals surface area contributed by atoms with Gasteiger partial charge in [0.15, 0.2) is 15.8 Å². The van der Waals surface area contributed by atoms with Gasteiger partial charge >= 0.3 is 0 Å². The molecule has 0 aliphatic heterocycles. The topological polar surface area (TPSA) is 70.6 Å². The lowest BCUT2D eigenvalue weighted by molar-refractivity contribution is 0.473. The third-order valence-corrected chi connectivity index (χ3v) is 5.47. The van der Waals surface area contributed by atoms with Gasteiger partial charge in [-0.1, -0.05) is 38.1 Å². The molecule has 2 N–H and O–H groups in total. The average Bonchev–Trinajstić information content (AvgIpc) is 2.65. The van der Waals surface area contributed by atoms with Crippen molar-refractivity contribution in [3.05, 3.63) is 70.8 Å². The molecule has 0 fully saturated rings. The summed E-state index contributed by atoms with van der Waals surface area (Å²) in [5.74, 6) is -0.411. The maximum Gasteiger partial charge on any atom is 0.191 e. The summed E-state index contributed by atoms with van der Waals surface area (Å²) in [6.45, 7) is 6.90. The number of guanidine groups is 1. The monoisotopic (exact) mass is 565 g/mol. The fraction of sp³-hybridized carbons (Fsp3) is 0.409. The van der Waals surface area contributed by atoms with E-state index in [0.29, 0.717) is 35.7 Å². The summed E-state index contributed by atoms with van der Waals surface area (Å²) in [6, 6.07) is 10.7. The Morgan fingerprint density at radius 1 is 1.06 bits per heavy atom. The molecule has 0 saturated heterocycles. The van der Waals surface area contributed by atoms with Gasteiger partial charge in [0.1, 0.15) is 11.6 Å². The molecule has 5 nitrogen and oxygen atoms in total. The molecular formula is C22H30F2IN3O2S. The Balaban J connectivity index is 0.00000480. The van der Waals surface area contributed by atoms with Crippen LogP contribution in [-0.4, -0.2) is 33.7 Å². The molecule has 9 heteroatoms. The zero-order valence-corrected chi connectivity index (χ0v) is 21.4. The number of benzene rings is 2. The SMILES string of the molecule is CCNC(=NCc1cc(F)ccc1CS(C)(=O)=O)NCC(C)(C)c1ccccc1F.I. The highest BCUT2D eigenvalue weighted by Crippen LogP contribution is 2.24. The van der Waals surface area contributed by atoms with Crippen LogP contribution in [0, 0.1) is 11.6 Å². The largest absolute Gasteiger partial charge is 0.357 e. The number of nitrogens with one attached hydrogen (secondary N) is 2. The lowest BCUT2D eigenvalue weighted by atomic mass is 9.84. The molecule has 0 unspecified atom stereocenters. The van der Waals surface area contributed by atoms with Crippen molar-refractivity contribution in [2.75, 3.05) is 19.3 Å². The second-order valence-electron chi connectivity index (χ2n) is 7.90. The minimum absolute atomic E-state index is 0. The molecule has 0 spiro atoms. The van der Waals surface area contributed by atoms with E-state index in [1.807, 2.05) is 20.8 Å². The van der Waals surface area contributed by atoms with Crippen molar-refractivity contribution in [2.45, 2.75) is 38.5 Å². The summed E-state index contributed by atoms with van der Waals surface area (Å²) < 4.78 is 51.2. The molecule has 0 aromatic heterocycles. The Hall–Kier alpha value is -1.75. The van der Waals surface area contributed by atoms with E-state index in [0.717, 1.165) is 6.26 Å². The van der Waals surface area contributed by atoms with Crippen LogP contribution in [-0.2, 0) is 27.5 Å². The van der Waals surface area contributed by atoms with E-state index in [1.165, 1.54) is 24.3 Å². The molecule has 0 atom stereocenters. The van der Waals surface area contributed by atoms with Crippen LogP contribution in [0.25, 0.3) is 0 Å². The minimum Gasteiger partial charge on any atom is -0.357 e. The van der Waals surface area contributed by atoms with Gasteiger partial charge < -0.3 is 10.6 Å². The fourth-order valence-electron chi connectivity index (χ4n) is 3.08. The molecule has 2 aromatic carbocycles. The molecule has 2 rings (SSSR count). The highest BCUT2D eigenvalue weighted by Gasteiger charge is 2.24. The van der Waals surface area contributed by atoms with Crippen LogP contribution >= 0.6 is 24.0 Å². The second kappa shape index (κ2) is 11.8. The third-order valence-electron chi connectivity index (χ3n) is 4.64. The van der Waals surface area contributed by atoms with Crippen LogP contribution in [0.3, 0.4) is 0 Å². The van der Waals surface area contributed by atoms with Crippen LogP contribution in [0.2, 0.25) is 0 Å². The second-order valence-corrected chi connectivity index (χ2v) is 10.0. The Morgan fingerprint density at radius 2 is 1.74 bits per heavy atom. The summed E-state index contributed by atoms with van der Waals surface area (Å²) >= 11 is 0. The van der Waals surface area contributed by atoms with Crippen molar-refractivity contribution in [1.29, 1.82) is 0 Å². The van der Waals surface area contributed by atoms with Crippen molar-refractivity contribution in [3.8, 4) is 0 Å². The minimum atomic E-state index is -3.26. The molecule has 0 aliphatic rings. The summed E-state index contributed by atoms with van der Waals surface area (Å²) in [6.07, 6.45) is 1.14. The molecule has 172 valence electrons. The lowest BCUT2D eigenvalue weighted by Crippen LogP contribution is -2.43. The van der Waals surface area contributed by atoms with E-state index in [2.05, 4.69) is 15.6 Å². The predicted octanol–water partition coefficient (Wildman–Crippen LogP) is 4.16. The first-order valence-electron chi connectivity index (χ1n) is 9.74. The van der Waals surface area contributed by atoms with Gasteiger partial charge in [-0.05, 0) is 41.8 Å². The number of nitrogens with zero attached hydrogens (tertiary/aromatic N) is 1. The van der Waals surface area contributed by atoms with Crippen molar-refractivity contribution in [3.63, 3.8) is 0 Å². The zero-order valence-electron chi connectivity index (χ0n) is 18.2. The van der Waals surface area contributed by atoms with E-state index in [-0.39, 0.29) is 42.1 Å². The Bertz CT molecular complexity index is 1010. The maximum atomic E-state index is 14.2. The van der Waals surface area contributed by atoms with Crippen LogP contribution in [0.5, 0.6) is 0 Å². The van der Waals surface area contributed by atoms with Crippen molar-refractivity contribution in [2.24, 2.45) is 4.99 Å². The van der Waals surface area contributed by atoms with Gasteiger partial charge in [0.2, 0.25) is 0 Å². The number of rotatable bonds is 8. The number of sulfone groups is 1. The fourth-order valence-corrected chi connectivity index (χ4v) is 3.93. The van der Waals surface area contributed by atoms with E-state index in [9.17, 15) is 17.2 Å². The first kappa shape index (κ1) is 27.3. The number of halogens is 3. The lowest BCUT2D eigenvalue weighted by Gasteiger charge is -2.27. The van der Waals surface area contributed by atoms with Gasteiger partial charge in [-0.2, -0.15) is 0 Å². The molecule has 0 bridgehead atoms. The number of aliphatic imine (C=N–C) groups is 1. The normalized spacial score (nSPS) is 12.3. The van der Waals surface area contributed by atoms with Gasteiger partial charge in [0.05, 0.1) is 12.3 Å². The van der Waals surface area contributed by atoms with Crippen LogP contribution in [0.15, 0.2) is 47.5 Å². The zero-order chi connectivity index (χ0) is 22.4. The van der Waals surface area contributed by atoms with Gasteiger partial charge in [-0.25, -0.2) is 22.2 Å². The van der Waals surface area contributed by atoms with Crippen molar-refractivity contribution in [1.82, 2.24) is 10.6 Å². The van der Waals surface area contributed by atoms with Crippen LogP contribution < -0.4 is 10.6 Å². The van der Waals surface area contributed by atoms with Gasteiger partial charge in [-0.3, -0.25) is 0 Å². The van der Waals surface area contributed by atoms with E-state index >= 15 is 0 Å². The van der Waals surface area contributed by atoms with Gasteiger partial charge in [0.25, 0.3) is 0 Å². The first-order valence-corrected chi connectivity index (χ1v) is 11.8. The van der Waals surface area contributed by atoms with Gasteiger partial charge in [0, 0.05) is 24.8 Å². The van der Waals surface area contributed by atoms with E-state index < -0.39 is 21.1 Å². The molecule has 0 saturated carbocycles. The standard InChI is InChI=1S/C22H29F2N3O2S.HI/c1-5-25-21(27-15-22(2,3)19-8-6-7-9-20(19)24)26-13-17-12-18(23)11-10-16(17)14-30(4,28)29;/h6-12H,5,13-15H2,1-4H3,(H2,25,26,27);1H. The summed E-state index contributed by atoms with van der Waals surface area (Å²) in [7, 11) is -3.26. The highest BCUT2D eigenvalue weighted by atomic mass is 127. The molecule has 0 amide bonds. The molecule has 0 heterocycles. The Morgan fingerprint density at radius 3 is 2.35 bits per heavy atom. The molecule has 31 heavy (non-hydrogen) atoms. The third kappa shape index (κ3) is 8.72. The van der Waals surface area contributed by atoms with Crippen molar-refractivity contribution < 1.29 is 17.2 Å². The smallest absolute Gasteiger partial charge is 0.191 e. The molecule has 2 aromatic rings. The molecule has 0 radical (unpaired) electrons. The Labute approximate surface area is 200 Å². The number of hydrogen-bond acceptors (Lipinski definition) is 3. The number of hydrogen-bond donors (Lipinski definition) is 2. The molecular weight excluding hydrogens is 535 g/mol. The highest BCUT2D eigenvalue weighted by molar-refractivity contribution is 14.0. The summed E-state index contributed by atoms with van der Waals surface area (Å²) in [5, 5.41) is 6.31. The molecule has 0 aliphatic carbocycles. The summed E-state index contributed by atoms with van der Waals surface area (Å²) in [4.78, 5) is 4.47. The average molecular weight is 565 g/mol. The summed E-state index contributed by atoms with van der Waals surface area (Å²) in [5.41, 5.74) is 1.12. The maximum absolute atomic E-state index is 14.2. The quantitative estimate of drug-likeness (QED) is 0.287. The van der Waals surface area contributed by atoms with Crippen LogP contribution in [0.4, 0.5) is 8.78 Å². The van der Waals surface area contributed by atoms with Crippen LogP contribution in [0.1, 0.15) is 37.5 Å². The van der Waals surface area contributed by atoms with Crippen molar-refractivity contribution >= 4 is 39.8 Å². The van der Waals surface area contributed by atoms with E-state index in [1.54, 1.807) is 18.2 Å². The van der Waals surface area contributed by atoms with E-state index in [4.69, 9.17) is 0 Å². The Kier molecular flexibility index (Phi) is 10.3. The first-order chi connectivity index (χ1) is 14.0. The van der Waals surface area contributed by atoms with Gasteiger partial charge in [-0.15, -0.1) is 24.0 Å².